The van der Waals surface area contributed by atoms with Crippen molar-refractivity contribution >= 4 is 5.97 Å². The number of nitrogens with one attached hydrogen (secondary N) is 1. The van der Waals surface area contributed by atoms with Crippen molar-refractivity contribution in [3.63, 3.8) is 0 Å². The first-order chi connectivity index (χ1) is 10.2. The van der Waals surface area contributed by atoms with E-state index in [1.807, 2.05) is 37.3 Å². The summed E-state index contributed by atoms with van der Waals surface area (Å²) in [7, 11) is 1.40. The first-order valence-corrected chi connectivity index (χ1v) is 7.11. The summed E-state index contributed by atoms with van der Waals surface area (Å²) in [6, 6.07) is 9.58. The Morgan fingerprint density at radius 2 is 2.14 bits per heavy atom. The SMILES string of the molecule is CCCC(NCCCN=[N+]=[N-])(C(=O)OC)c1ccccc1. The number of benzene rings is 1. The highest BCUT2D eigenvalue weighted by Gasteiger charge is 2.39. The standard InChI is InChI=1S/C15H22N4O2/c1-3-10-15(14(20)21-2,13-8-5-4-6-9-13)17-11-7-12-18-19-16/h4-6,8-9,17H,3,7,10-12H2,1-2H3. The van der Waals surface area contributed by atoms with Gasteiger partial charge in [0.05, 0.1) is 7.11 Å². The van der Waals surface area contributed by atoms with Crippen LogP contribution in [-0.2, 0) is 15.1 Å². The van der Waals surface area contributed by atoms with E-state index in [0.29, 0.717) is 25.9 Å². The summed E-state index contributed by atoms with van der Waals surface area (Å²) >= 11 is 0. The summed E-state index contributed by atoms with van der Waals surface area (Å²) in [5, 5.41) is 6.80. The molecule has 6 nitrogen and oxygen atoms in total. The number of azide groups is 1. The average molecular weight is 290 g/mol. The Balaban J connectivity index is 2.96. The third kappa shape index (κ3) is 4.48. The van der Waals surface area contributed by atoms with E-state index >= 15 is 0 Å². The van der Waals surface area contributed by atoms with Gasteiger partial charge in [0.2, 0.25) is 0 Å². The molecule has 0 fully saturated rings. The van der Waals surface area contributed by atoms with Gasteiger partial charge in [-0.3, -0.25) is 5.32 Å². The van der Waals surface area contributed by atoms with Gasteiger partial charge in [-0.15, -0.1) is 0 Å². The average Bonchev–Trinajstić information content (AvgIpc) is 2.53. The van der Waals surface area contributed by atoms with E-state index in [9.17, 15) is 4.79 Å². The Kier molecular flexibility index (Phi) is 7.29. The molecule has 6 heteroatoms. The van der Waals surface area contributed by atoms with Crippen molar-refractivity contribution in [1.82, 2.24) is 5.32 Å². The van der Waals surface area contributed by atoms with Crippen molar-refractivity contribution in [3.8, 4) is 0 Å². The van der Waals surface area contributed by atoms with E-state index in [0.717, 1.165) is 12.0 Å². The number of carbonyl (C=O) groups excluding carboxylic acids is 1. The molecule has 0 saturated carbocycles. The van der Waals surface area contributed by atoms with Gasteiger partial charge in [-0.05, 0) is 30.5 Å². The van der Waals surface area contributed by atoms with Crippen molar-refractivity contribution in [2.45, 2.75) is 31.7 Å². The molecule has 1 rings (SSSR count). The summed E-state index contributed by atoms with van der Waals surface area (Å²) in [5.74, 6) is -0.292. The lowest BCUT2D eigenvalue weighted by molar-refractivity contribution is -0.149. The molecule has 0 spiro atoms. The quantitative estimate of drug-likeness (QED) is 0.249. The van der Waals surface area contributed by atoms with E-state index < -0.39 is 5.54 Å². The van der Waals surface area contributed by atoms with Crippen LogP contribution >= 0.6 is 0 Å². The van der Waals surface area contributed by atoms with Crippen molar-refractivity contribution in [2.24, 2.45) is 5.11 Å². The smallest absolute Gasteiger partial charge is 0.330 e. The van der Waals surface area contributed by atoms with E-state index in [2.05, 4.69) is 15.3 Å². The maximum Gasteiger partial charge on any atom is 0.330 e. The van der Waals surface area contributed by atoms with Crippen LogP contribution in [0.5, 0.6) is 0 Å². The minimum absolute atomic E-state index is 0.292. The summed E-state index contributed by atoms with van der Waals surface area (Å²) in [5.41, 5.74) is 8.32. The Labute approximate surface area is 125 Å². The molecular weight excluding hydrogens is 268 g/mol. The van der Waals surface area contributed by atoms with Gasteiger partial charge in [0, 0.05) is 11.5 Å². The summed E-state index contributed by atoms with van der Waals surface area (Å²) < 4.78 is 5.02. The van der Waals surface area contributed by atoms with E-state index in [4.69, 9.17) is 10.3 Å². The van der Waals surface area contributed by atoms with E-state index in [1.165, 1.54) is 7.11 Å². The molecule has 114 valence electrons. The lowest BCUT2D eigenvalue weighted by Gasteiger charge is -2.32. The molecule has 0 radical (unpaired) electrons. The molecule has 1 unspecified atom stereocenters. The van der Waals surface area contributed by atoms with Crippen LogP contribution in [0.2, 0.25) is 0 Å². The number of rotatable bonds is 9. The zero-order valence-corrected chi connectivity index (χ0v) is 12.6. The van der Waals surface area contributed by atoms with Crippen LogP contribution in [0.1, 0.15) is 31.7 Å². The van der Waals surface area contributed by atoms with Crippen molar-refractivity contribution in [1.29, 1.82) is 0 Å². The Hall–Kier alpha value is -2.04. The normalized spacial score (nSPS) is 13.0. The number of carbonyl (C=O) groups is 1. The van der Waals surface area contributed by atoms with Crippen LogP contribution in [0, 0.1) is 0 Å². The first-order valence-electron chi connectivity index (χ1n) is 7.11. The fourth-order valence-electron chi connectivity index (χ4n) is 2.40. The van der Waals surface area contributed by atoms with Crippen molar-refractivity contribution in [2.75, 3.05) is 20.2 Å². The molecule has 1 N–H and O–H groups in total. The second-order valence-electron chi connectivity index (χ2n) is 4.75. The van der Waals surface area contributed by atoms with Gasteiger partial charge in [-0.1, -0.05) is 48.8 Å². The number of ether oxygens (including phenoxy) is 1. The van der Waals surface area contributed by atoms with Gasteiger partial charge < -0.3 is 4.74 Å². The second-order valence-corrected chi connectivity index (χ2v) is 4.75. The molecule has 0 saturated heterocycles. The molecule has 0 aliphatic heterocycles. The molecular formula is C15H22N4O2. The molecule has 1 atom stereocenters. The molecule has 0 aromatic heterocycles. The molecule has 0 amide bonds. The van der Waals surface area contributed by atoms with Crippen LogP contribution < -0.4 is 5.32 Å². The maximum absolute atomic E-state index is 12.4. The molecule has 1 aromatic carbocycles. The van der Waals surface area contributed by atoms with Gasteiger partial charge >= 0.3 is 5.97 Å². The predicted octanol–water partition coefficient (Wildman–Crippen LogP) is 3.15. The Morgan fingerprint density at radius 3 is 2.71 bits per heavy atom. The monoisotopic (exact) mass is 290 g/mol. The summed E-state index contributed by atoms with van der Waals surface area (Å²) in [4.78, 5) is 15.1. The van der Waals surface area contributed by atoms with Crippen LogP contribution in [-0.4, -0.2) is 26.2 Å². The first kappa shape index (κ1) is 17.0. The molecule has 0 aliphatic carbocycles. The van der Waals surface area contributed by atoms with Gasteiger partial charge in [-0.25, -0.2) is 4.79 Å². The second kappa shape index (κ2) is 9.00. The van der Waals surface area contributed by atoms with Gasteiger partial charge in [0.25, 0.3) is 0 Å². The van der Waals surface area contributed by atoms with Crippen LogP contribution in [0.25, 0.3) is 10.4 Å². The molecule has 1 aromatic rings. The fourth-order valence-corrected chi connectivity index (χ4v) is 2.40. The highest BCUT2D eigenvalue weighted by atomic mass is 16.5. The zero-order valence-electron chi connectivity index (χ0n) is 12.6. The molecule has 0 bridgehead atoms. The Bertz CT molecular complexity index is 486. The fraction of sp³-hybridized carbons (Fsp3) is 0.533. The number of hydrogen-bond acceptors (Lipinski definition) is 4. The van der Waals surface area contributed by atoms with E-state index in [1.54, 1.807) is 0 Å². The van der Waals surface area contributed by atoms with Crippen molar-refractivity contribution in [3.05, 3.63) is 46.3 Å². The predicted molar refractivity (Wildman–Crippen MR) is 81.7 cm³/mol. The largest absolute Gasteiger partial charge is 0.467 e. The highest BCUT2D eigenvalue weighted by Crippen LogP contribution is 2.28. The van der Waals surface area contributed by atoms with Gasteiger partial charge in [0.1, 0.15) is 5.54 Å². The lowest BCUT2D eigenvalue weighted by atomic mass is 9.85. The molecule has 0 heterocycles. The molecule has 0 aliphatic rings. The third-order valence-electron chi connectivity index (χ3n) is 3.35. The maximum atomic E-state index is 12.4. The minimum Gasteiger partial charge on any atom is -0.467 e. The zero-order chi connectivity index (χ0) is 15.6. The highest BCUT2D eigenvalue weighted by molar-refractivity contribution is 5.82. The van der Waals surface area contributed by atoms with E-state index in [-0.39, 0.29) is 5.97 Å². The number of hydrogen-bond donors (Lipinski definition) is 1. The third-order valence-corrected chi connectivity index (χ3v) is 3.35. The molecule has 21 heavy (non-hydrogen) atoms. The summed E-state index contributed by atoms with van der Waals surface area (Å²) in [6.07, 6.45) is 2.15. The minimum atomic E-state index is -0.846. The lowest BCUT2D eigenvalue weighted by Crippen LogP contribution is -2.50. The van der Waals surface area contributed by atoms with Gasteiger partial charge in [0.15, 0.2) is 0 Å². The van der Waals surface area contributed by atoms with Crippen molar-refractivity contribution < 1.29 is 9.53 Å². The summed E-state index contributed by atoms with van der Waals surface area (Å²) in [6.45, 7) is 3.01. The van der Waals surface area contributed by atoms with Crippen LogP contribution in [0.4, 0.5) is 0 Å². The number of esters is 1. The number of nitrogens with zero attached hydrogens (tertiary/aromatic N) is 3. The number of methoxy groups -OCH3 is 1. The van der Waals surface area contributed by atoms with Crippen LogP contribution in [0.3, 0.4) is 0 Å². The Morgan fingerprint density at radius 1 is 1.43 bits per heavy atom. The van der Waals surface area contributed by atoms with Crippen LogP contribution in [0.15, 0.2) is 35.4 Å². The topological polar surface area (TPSA) is 87.1 Å². The van der Waals surface area contributed by atoms with Gasteiger partial charge in [-0.2, -0.15) is 0 Å².